The van der Waals surface area contributed by atoms with Crippen molar-refractivity contribution in [2.45, 2.75) is 19.4 Å². The van der Waals surface area contributed by atoms with Crippen LogP contribution < -0.4 is 0 Å². The summed E-state index contributed by atoms with van der Waals surface area (Å²) in [6.07, 6.45) is 5.82. The summed E-state index contributed by atoms with van der Waals surface area (Å²) in [5.74, 6) is 0.721. The maximum Gasteiger partial charge on any atom is 0.410 e. The van der Waals surface area contributed by atoms with E-state index in [2.05, 4.69) is 6.08 Å². The third kappa shape index (κ3) is 5.11. The maximum absolute atomic E-state index is 12.2. The highest BCUT2D eigenvalue weighted by atomic mass is 16.6. The third-order valence-electron chi connectivity index (χ3n) is 4.43. The monoisotopic (exact) mass is 337 g/mol. The Bertz CT molecular complexity index is 719. The molecule has 0 bridgehead atoms. The molecule has 2 aromatic carbocycles. The number of carbonyl (C=O) groups excluding carboxylic acids is 1. The van der Waals surface area contributed by atoms with Gasteiger partial charge in [0, 0.05) is 13.1 Å². The number of piperidine rings is 1. The van der Waals surface area contributed by atoms with Crippen LogP contribution >= 0.6 is 0 Å². The van der Waals surface area contributed by atoms with Gasteiger partial charge in [-0.25, -0.2) is 4.79 Å². The molecule has 0 radical (unpaired) electrons. The lowest BCUT2D eigenvalue weighted by atomic mass is 9.96. The number of amides is 1. The molecule has 0 spiro atoms. The molecule has 0 aromatic heterocycles. The Hall–Kier alpha value is -2.75. The zero-order valence-corrected chi connectivity index (χ0v) is 14.2. The summed E-state index contributed by atoms with van der Waals surface area (Å²) in [4.78, 5) is 13.9. The van der Waals surface area contributed by atoms with Gasteiger partial charge in [0.05, 0.1) is 0 Å². The summed E-state index contributed by atoms with van der Waals surface area (Å²) in [6, 6.07) is 16.9. The number of nitrogens with zero attached hydrogens (tertiary/aromatic N) is 1. The standard InChI is InChI=1S/C21H23NO3/c23-20-8-4-7-18(15-20)10-9-17-11-13-22(14-12-17)21(24)25-16-19-5-2-1-3-6-19/h1-10,15,17,23H,11-14,16H2/b10-9+. The molecule has 1 aliphatic heterocycles. The summed E-state index contributed by atoms with van der Waals surface area (Å²) in [6.45, 7) is 1.74. The Morgan fingerprint density at radius 1 is 1.12 bits per heavy atom. The van der Waals surface area contributed by atoms with E-state index < -0.39 is 0 Å². The first-order valence-electron chi connectivity index (χ1n) is 8.63. The molecular formula is C21H23NO3. The van der Waals surface area contributed by atoms with Gasteiger partial charge in [0.2, 0.25) is 0 Å². The minimum absolute atomic E-state index is 0.237. The summed E-state index contributed by atoms with van der Waals surface area (Å²) in [5.41, 5.74) is 1.99. The van der Waals surface area contributed by atoms with Gasteiger partial charge in [0.15, 0.2) is 0 Å². The number of carbonyl (C=O) groups is 1. The van der Waals surface area contributed by atoms with Crippen LogP contribution in [0.3, 0.4) is 0 Å². The molecule has 1 aliphatic rings. The van der Waals surface area contributed by atoms with E-state index in [9.17, 15) is 9.90 Å². The van der Waals surface area contributed by atoms with Crippen molar-refractivity contribution in [2.24, 2.45) is 5.92 Å². The molecule has 0 atom stereocenters. The van der Waals surface area contributed by atoms with Crippen molar-refractivity contribution < 1.29 is 14.6 Å². The molecule has 0 saturated carbocycles. The Morgan fingerprint density at radius 3 is 2.60 bits per heavy atom. The zero-order valence-electron chi connectivity index (χ0n) is 14.2. The van der Waals surface area contributed by atoms with E-state index in [1.165, 1.54) is 0 Å². The largest absolute Gasteiger partial charge is 0.508 e. The predicted molar refractivity (Wildman–Crippen MR) is 98.1 cm³/mol. The minimum Gasteiger partial charge on any atom is -0.508 e. The first kappa shape index (κ1) is 17.1. The van der Waals surface area contributed by atoms with Crippen LogP contribution in [0, 0.1) is 5.92 Å². The lowest BCUT2D eigenvalue weighted by Crippen LogP contribution is -2.38. The molecule has 0 unspecified atom stereocenters. The number of ether oxygens (including phenoxy) is 1. The first-order valence-corrected chi connectivity index (χ1v) is 8.63. The summed E-state index contributed by atoms with van der Waals surface area (Å²) in [5, 5.41) is 9.49. The van der Waals surface area contributed by atoms with Crippen LogP contribution in [-0.2, 0) is 11.3 Å². The molecule has 1 N–H and O–H groups in total. The second kappa shape index (κ2) is 8.38. The van der Waals surface area contributed by atoms with Gasteiger partial charge in [0.25, 0.3) is 0 Å². The number of rotatable bonds is 4. The van der Waals surface area contributed by atoms with Crippen molar-refractivity contribution in [2.75, 3.05) is 13.1 Å². The van der Waals surface area contributed by atoms with Crippen LogP contribution in [0.15, 0.2) is 60.7 Å². The molecule has 1 fully saturated rings. The number of hydrogen-bond donors (Lipinski definition) is 1. The molecule has 3 rings (SSSR count). The Morgan fingerprint density at radius 2 is 1.88 bits per heavy atom. The Balaban J connectivity index is 1.44. The number of phenolic OH excluding ortho intramolecular Hbond substituents is 1. The lowest BCUT2D eigenvalue weighted by Gasteiger charge is -2.30. The first-order chi connectivity index (χ1) is 12.2. The molecule has 1 heterocycles. The van der Waals surface area contributed by atoms with Crippen LogP contribution in [-0.4, -0.2) is 29.2 Å². The zero-order chi connectivity index (χ0) is 17.5. The van der Waals surface area contributed by atoms with E-state index >= 15 is 0 Å². The number of phenols is 1. The second-order valence-corrected chi connectivity index (χ2v) is 6.32. The second-order valence-electron chi connectivity index (χ2n) is 6.32. The van der Waals surface area contributed by atoms with Crippen molar-refractivity contribution in [3.8, 4) is 5.75 Å². The van der Waals surface area contributed by atoms with Crippen LogP contribution in [0.25, 0.3) is 6.08 Å². The Labute approximate surface area is 148 Å². The highest BCUT2D eigenvalue weighted by Gasteiger charge is 2.22. The van der Waals surface area contributed by atoms with Crippen molar-refractivity contribution in [3.05, 3.63) is 71.8 Å². The van der Waals surface area contributed by atoms with Crippen LogP contribution in [0.5, 0.6) is 5.75 Å². The fourth-order valence-corrected chi connectivity index (χ4v) is 2.96. The molecule has 130 valence electrons. The molecule has 1 amide bonds. The quantitative estimate of drug-likeness (QED) is 0.896. The van der Waals surface area contributed by atoms with Crippen LogP contribution in [0.2, 0.25) is 0 Å². The molecule has 2 aromatic rings. The summed E-state index contributed by atoms with van der Waals surface area (Å²) >= 11 is 0. The SMILES string of the molecule is O=C(OCc1ccccc1)N1CCC(/C=C/c2cccc(O)c2)CC1. The van der Waals surface area contributed by atoms with E-state index in [1.54, 1.807) is 17.0 Å². The number of likely N-dealkylation sites (tertiary alicyclic amines) is 1. The number of hydrogen-bond acceptors (Lipinski definition) is 3. The van der Waals surface area contributed by atoms with Crippen LogP contribution in [0.4, 0.5) is 4.79 Å². The molecule has 4 heteroatoms. The van der Waals surface area contributed by atoms with E-state index in [0.29, 0.717) is 25.6 Å². The van der Waals surface area contributed by atoms with Crippen molar-refractivity contribution in [3.63, 3.8) is 0 Å². The van der Waals surface area contributed by atoms with Gasteiger partial charge < -0.3 is 14.7 Å². The predicted octanol–water partition coefficient (Wildman–Crippen LogP) is 4.45. The van der Waals surface area contributed by atoms with Crippen molar-refractivity contribution in [1.82, 2.24) is 4.90 Å². The molecule has 25 heavy (non-hydrogen) atoms. The van der Waals surface area contributed by atoms with E-state index in [-0.39, 0.29) is 11.8 Å². The van der Waals surface area contributed by atoms with Gasteiger partial charge in [0.1, 0.15) is 12.4 Å². The van der Waals surface area contributed by atoms with Gasteiger partial charge in [-0.15, -0.1) is 0 Å². The normalized spacial score (nSPS) is 15.4. The topological polar surface area (TPSA) is 49.8 Å². The molecular weight excluding hydrogens is 314 g/mol. The summed E-state index contributed by atoms with van der Waals surface area (Å²) < 4.78 is 5.39. The highest BCUT2D eigenvalue weighted by molar-refractivity contribution is 5.67. The van der Waals surface area contributed by atoms with E-state index in [1.807, 2.05) is 48.5 Å². The molecule has 4 nitrogen and oxygen atoms in total. The average Bonchev–Trinajstić information content (AvgIpc) is 2.66. The fraction of sp³-hybridized carbons (Fsp3) is 0.286. The van der Waals surface area contributed by atoms with Crippen molar-refractivity contribution >= 4 is 12.2 Å². The van der Waals surface area contributed by atoms with E-state index in [0.717, 1.165) is 24.0 Å². The highest BCUT2D eigenvalue weighted by Crippen LogP contribution is 2.21. The van der Waals surface area contributed by atoms with Gasteiger partial charge in [-0.3, -0.25) is 0 Å². The van der Waals surface area contributed by atoms with Gasteiger partial charge >= 0.3 is 6.09 Å². The number of benzene rings is 2. The lowest BCUT2D eigenvalue weighted by molar-refractivity contribution is 0.0855. The van der Waals surface area contributed by atoms with Gasteiger partial charge in [-0.2, -0.15) is 0 Å². The number of aromatic hydroxyl groups is 1. The fourth-order valence-electron chi connectivity index (χ4n) is 2.96. The summed E-state index contributed by atoms with van der Waals surface area (Å²) in [7, 11) is 0. The molecule has 1 saturated heterocycles. The third-order valence-corrected chi connectivity index (χ3v) is 4.43. The number of allylic oxidation sites excluding steroid dienone is 1. The molecule has 0 aliphatic carbocycles. The average molecular weight is 337 g/mol. The minimum atomic E-state index is -0.237. The van der Waals surface area contributed by atoms with Crippen molar-refractivity contribution in [1.29, 1.82) is 0 Å². The van der Waals surface area contributed by atoms with E-state index in [4.69, 9.17) is 4.74 Å². The van der Waals surface area contributed by atoms with Gasteiger partial charge in [-0.1, -0.05) is 54.6 Å². The smallest absolute Gasteiger partial charge is 0.410 e. The maximum atomic E-state index is 12.2. The van der Waals surface area contributed by atoms with Crippen LogP contribution in [0.1, 0.15) is 24.0 Å². The Kier molecular flexibility index (Phi) is 5.73. The van der Waals surface area contributed by atoms with Gasteiger partial charge in [-0.05, 0) is 42.0 Å².